The lowest BCUT2D eigenvalue weighted by atomic mass is 10.1. The topological polar surface area (TPSA) is 58.6 Å². The number of ether oxygens (including phenoxy) is 1. The van der Waals surface area contributed by atoms with Crippen molar-refractivity contribution >= 4 is 29.1 Å². The second-order valence-corrected chi connectivity index (χ2v) is 6.66. The number of hydrogen-bond acceptors (Lipinski definition) is 3. The maximum absolute atomic E-state index is 12.4. The Morgan fingerprint density at radius 3 is 2.33 bits per heavy atom. The van der Waals surface area contributed by atoms with Crippen molar-refractivity contribution in [2.45, 2.75) is 27.7 Å². The second kappa shape index (κ2) is 9.42. The van der Waals surface area contributed by atoms with Crippen LogP contribution in [0.1, 0.15) is 35.3 Å². The number of amides is 2. The van der Waals surface area contributed by atoms with Gasteiger partial charge in [0.15, 0.2) is 6.61 Å². The number of carbonyl (C=O) groups excluding carboxylic acids is 2. The van der Waals surface area contributed by atoms with Gasteiger partial charge in [0.2, 0.25) is 0 Å². The highest BCUT2D eigenvalue weighted by Gasteiger charge is 2.13. The number of aryl methyl sites for hydroxylation is 2. The van der Waals surface area contributed by atoms with Crippen LogP contribution >= 0.6 is 11.6 Å². The average Bonchev–Trinajstić information content (AvgIpc) is 2.64. The minimum atomic E-state index is -0.209. The summed E-state index contributed by atoms with van der Waals surface area (Å²) in [5, 5.41) is 3.15. The monoisotopic (exact) mass is 388 g/mol. The van der Waals surface area contributed by atoms with Gasteiger partial charge in [-0.1, -0.05) is 17.7 Å². The number of likely N-dealkylation sites (N-methyl/N-ethyl adjacent to an activating group) is 1. The zero-order valence-corrected chi connectivity index (χ0v) is 16.9. The minimum absolute atomic E-state index is 0.0737. The van der Waals surface area contributed by atoms with E-state index in [1.165, 1.54) is 0 Å². The third-order valence-corrected chi connectivity index (χ3v) is 4.72. The maximum atomic E-state index is 12.4. The molecule has 144 valence electrons. The number of rotatable bonds is 7. The molecule has 5 nitrogen and oxygen atoms in total. The maximum Gasteiger partial charge on any atom is 0.260 e. The second-order valence-electron chi connectivity index (χ2n) is 6.25. The fraction of sp³-hybridized carbons (Fsp3) is 0.333. The molecule has 0 atom stereocenters. The van der Waals surface area contributed by atoms with Crippen LogP contribution in [-0.4, -0.2) is 36.4 Å². The van der Waals surface area contributed by atoms with E-state index < -0.39 is 0 Å². The highest BCUT2D eigenvalue weighted by atomic mass is 35.5. The fourth-order valence-corrected chi connectivity index (χ4v) is 2.82. The third-order valence-electron chi connectivity index (χ3n) is 4.43. The van der Waals surface area contributed by atoms with Gasteiger partial charge < -0.3 is 15.0 Å². The molecule has 0 aromatic heterocycles. The van der Waals surface area contributed by atoms with Crippen LogP contribution in [0.3, 0.4) is 0 Å². The van der Waals surface area contributed by atoms with Gasteiger partial charge in [0.05, 0.1) is 5.02 Å². The van der Waals surface area contributed by atoms with Gasteiger partial charge in [0.1, 0.15) is 5.75 Å². The van der Waals surface area contributed by atoms with E-state index in [-0.39, 0.29) is 18.4 Å². The summed E-state index contributed by atoms with van der Waals surface area (Å²) in [6, 6.07) is 10.5. The number of hydrogen-bond donors (Lipinski definition) is 1. The molecule has 0 spiro atoms. The van der Waals surface area contributed by atoms with E-state index in [9.17, 15) is 9.59 Å². The van der Waals surface area contributed by atoms with Crippen LogP contribution in [0.4, 0.5) is 5.69 Å². The molecule has 0 unspecified atom stereocenters. The van der Waals surface area contributed by atoms with Crippen LogP contribution in [0.5, 0.6) is 5.75 Å². The molecule has 6 heteroatoms. The van der Waals surface area contributed by atoms with E-state index >= 15 is 0 Å². The third kappa shape index (κ3) is 5.47. The van der Waals surface area contributed by atoms with Gasteiger partial charge in [-0.05, 0) is 69.2 Å². The Labute approximate surface area is 165 Å². The van der Waals surface area contributed by atoms with Crippen molar-refractivity contribution in [1.82, 2.24) is 4.90 Å². The Morgan fingerprint density at radius 1 is 1.04 bits per heavy atom. The summed E-state index contributed by atoms with van der Waals surface area (Å²) >= 11 is 6.23. The van der Waals surface area contributed by atoms with E-state index in [0.29, 0.717) is 35.1 Å². The first-order chi connectivity index (χ1) is 12.8. The summed E-state index contributed by atoms with van der Waals surface area (Å²) in [5.74, 6) is 0.101. The molecule has 2 aromatic rings. The lowest BCUT2D eigenvalue weighted by Gasteiger charge is -2.19. The van der Waals surface area contributed by atoms with Crippen molar-refractivity contribution in [3.8, 4) is 5.75 Å². The Kier molecular flexibility index (Phi) is 7.25. The summed E-state index contributed by atoms with van der Waals surface area (Å²) < 4.78 is 5.52. The highest BCUT2D eigenvalue weighted by molar-refractivity contribution is 6.32. The molecule has 0 saturated heterocycles. The predicted octanol–water partition coefficient (Wildman–Crippen LogP) is 4.46. The van der Waals surface area contributed by atoms with Crippen LogP contribution in [0.25, 0.3) is 0 Å². The molecule has 0 saturated carbocycles. The van der Waals surface area contributed by atoms with Crippen molar-refractivity contribution in [3.05, 3.63) is 58.1 Å². The van der Waals surface area contributed by atoms with Gasteiger partial charge in [-0.2, -0.15) is 0 Å². The quantitative estimate of drug-likeness (QED) is 0.761. The summed E-state index contributed by atoms with van der Waals surface area (Å²) in [6.45, 7) is 9.00. The number of benzene rings is 2. The average molecular weight is 389 g/mol. The van der Waals surface area contributed by atoms with Gasteiger partial charge in [-0.15, -0.1) is 0 Å². The number of anilines is 1. The van der Waals surface area contributed by atoms with Gasteiger partial charge in [-0.25, -0.2) is 0 Å². The van der Waals surface area contributed by atoms with Gasteiger partial charge in [0.25, 0.3) is 11.8 Å². The smallest absolute Gasteiger partial charge is 0.260 e. The summed E-state index contributed by atoms with van der Waals surface area (Å²) in [4.78, 5) is 26.1. The van der Waals surface area contributed by atoms with E-state index in [0.717, 1.165) is 11.1 Å². The number of nitrogens with zero attached hydrogens (tertiary/aromatic N) is 1. The molecule has 0 bridgehead atoms. The Morgan fingerprint density at radius 2 is 1.74 bits per heavy atom. The Bertz CT molecular complexity index is 832. The standard InChI is InChI=1S/C21H25ClN2O3/c1-5-24(6-2)20(25)13-27-19-10-9-17(12-18(19)22)23-21(26)16-8-7-14(3)15(4)11-16/h7-12H,5-6,13H2,1-4H3,(H,23,26). The molecular formula is C21H25ClN2O3. The zero-order valence-electron chi connectivity index (χ0n) is 16.1. The highest BCUT2D eigenvalue weighted by Crippen LogP contribution is 2.28. The molecule has 0 radical (unpaired) electrons. The minimum Gasteiger partial charge on any atom is -0.482 e. The van der Waals surface area contributed by atoms with Gasteiger partial charge in [-0.3, -0.25) is 9.59 Å². The van der Waals surface area contributed by atoms with E-state index in [4.69, 9.17) is 16.3 Å². The van der Waals surface area contributed by atoms with E-state index in [1.54, 1.807) is 29.2 Å². The van der Waals surface area contributed by atoms with Crippen molar-refractivity contribution in [1.29, 1.82) is 0 Å². The Balaban J connectivity index is 2.02. The largest absolute Gasteiger partial charge is 0.482 e. The normalized spacial score (nSPS) is 10.4. The molecule has 2 amide bonds. The number of carbonyl (C=O) groups is 2. The summed E-state index contributed by atoms with van der Waals surface area (Å²) in [7, 11) is 0. The molecule has 0 aliphatic carbocycles. The molecule has 2 aromatic carbocycles. The summed E-state index contributed by atoms with van der Waals surface area (Å²) in [6.07, 6.45) is 0. The van der Waals surface area contributed by atoms with Crippen LogP contribution in [-0.2, 0) is 4.79 Å². The fourth-order valence-electron chi connectivity index (χ4n) is 2.59. The zero-order chi connectivity index (χ0) is 20.0. The van der Waals surface area contributed by atoms with Crippen LogP contribution < -0.4 is 10.1 Å². The number of halogens is 1. The first-order valence-corrected chi connectivity index (χ1v) is 9.32. The molecule has 0 fully saturated rings. The Hall–Kier alpha value is -2.53. The summed E-state index contributed by atoms with van der Waals surface area (Å²) in [5.41, 5.74) is 3.34. The molecule has 0 aliphatic rings. The van der Waals surface area contributed by atoms with Crippen molar-refractivity contribution in [3.63, 3.8) is 0 Å². The molecular weight excluding hydrogens is 364 g/mol. The lowest BCUT2D eigenvalue weighted by Crippen LogP contribution is -2.34. The lowest BCUT2D eigenvalue weighted by molar-refractivity contribution is -0.132. The molecule has 1 N–H and O–H groups in total. The molecule has 2 rings (SSSR count). The van der Waals surface area contributed by atoms with Crippen molar-refractivity contribution in [2.24, 2.45) is 0 Å². The predicted molar refractivity (Wildman–Crippen MR) is 109 cm³/mol. The van der Waals surface area contributed by atoms with E-state index in [2.05, 4.69) is 5.32 Å². The van der Waals surface area contributed by atoms with Crippen molar-refractivity contribution < 1.29 is 14.3 Å². The first-order valence-electron chi connectivity index (χ1n) is 8.94. The van der Waals surface area contributed by atoms with Crippen LogP contribution in [0.2, 0.25) is 5.02 Å². The van der Waals surface area contributed by atoms with Gasteiger partial charge in [0, 0.05) is 24.3 Å². The number of nitrogens with one attached hydrogen (secondary N) is 1. The molecule has 0 aliphatic heterocycles. The SMILES string of the molecule is CCN(CC)C(=O)COc1ccc(NC(=O)c2ccc(C)c(C)c2)cc1Cl. The van der Waals surface area contributed by atoms with Gasteiger partial charge >= 0.3 is 0 Å². The van der Waals surface area contributed by atoms with Crippen molar-refractivity contribution in [2.75, 3.05) is 25.0 Å². The first kappa shape index (κ1) is 20.8. The molecule has 0 heterocycles. The molecule has 27 heavy (non-hydrogen) atoms. The van der Waals surface area contributed by atoms with Crippen LogP contribution in [0, 0.1) is 13.8 Å². The van der Waals surface area contributed by atoms with E-state index in [1.807, 2.05) is 39.8 Å². The van der Waals surface area contributed by atoms with Crippen LogP contribution in [0.15, 0.2) is 36.4 Å².